The first-order valence-corrected chi connectivity index (χ1v) is 8.24. The average Bonchev–Trinajstić information content (AvgIpc) is 3.11. The predicted octanol–water partition coefficient (Wildman–Crippen LogP) is 3.30. The monoisotopic (exact) mass is 291 g/mol. The molecule has 108 valence electrons. The molecule has 3 rings (SSSR count). The number of nitrogen functional groups attached to an aromatic ring is 1. The molecular weight excluding hydrogens is 270 g/mol. The van der Waals surface area contributed by atoms with Crippen LogP contribution in [0.3, 0.4) is 0 Å². The Morgan fingerprint density at radius 1 is 1.45 bits per heavy atom. The van der Waals surface area contributed by atoms with Gasteiger partial charge in [0.15, 0.2) is 0 Å². The zero-order chi connectivity index (χ0) is 14.3. The predicted molar refractivity (Wildman–Crippen MR) is 85.4 cm³/mol. The van der Waals surface area contributed by atoms with Crippen LogP contribution < -0.4 is 10.5 Å². The van der Waals surface area contributed by atoms with Gasteiger partial charge < -0.3 is 15.0 Å². The topological polar surface area (TPSA) is 53.1 Å². The Balaban J connectivity index is 2.03. The maximum absolute atomic E-state index is 6.13. The second-order valence-corrected chi connectivity index (χ2v) is 7.01. The van der Waals surface area contributed by atoms with E-state index >= 15 is 0 Å². The highest BCUT2D eigenvalue weighted by molar-refractivity contribution is 8.00. The highest BCUT2D eigenvalue weighted by Crippen LogP contribution is 2.49. The molecule has 0 unspecified atom stereocenters. The van der Waals surface area contributed by atoms with Gasteiger partial charge in [0.1, 0.15) is 11.3 Å². The number of para-hydroxylation sites is 1. The van der Waals surface area contributed by atoms with E-state index < -0.39 is 0 Å². The summed E-state index contributed by atoms with van der Waals surface area (Å²) in [5.41, 5.74) is 8.07. The molecule has 1 aliphatic carbocycles. The Morgan fingerprint density at radius 3 is 2.80 bits per heavy atom. The van der Waals surface area contributed by atoms with Gasteiger partial charge in [0.25, 0.3) is 0 Å². The third kappa shape index (κ3) is 2.35. The number of ether oxygens (including phenoxy) is 1. The van der Waals surface area contributed by atoms with Gasteiger partial charge in [-0.05, 0) is 45.1 Å². The maximum Gasteiger partial charge on any atom is 0.201 e. The molecule has 1 saturated carbocycles. The smallest absolute Gasteiger partial charge is 0.201 e. The first-order valence-electron chi connectivity index (χ1n) is 7.01. The van der Waals surface area contributed by atoms with Crippen LogP contribution in [-0.4, -0.2) is 26.7 Å². The van der Waals surface area contributed by atoms with Crippen LogP contribution in [0.4, 0.5) is 5.95 Å². The number of benzene rings is 1. The van der Waals surface area contributed by atoms with E-state index in [-0.39, 0.29) is 6.10 Å². The van der Waals surface area contributed by atoms with Gasteiger partial charge >= 0.3 is 0 Å². The number of fused-ring (bicyclic) bond motifs is 1. The number of anilines is 1. The Kier molecular flexibility index (Phi) is 3.32. The van der Waals surface area contributed by atoms with Crippen LogP contribution in [-0.2, 0) is 6.54 Å². The number of nitrogens with two attached hydrogens (primary N) is 1. The normalized spacial score (nSPS) is 16.8. The Hall–Kier alpha value is -1.36. The summed E-state index contributed by atoms with van der Waals surface area (Å²) < 4.78 is 8.32. The number of aromatic nitrogens is 2. The zero-order valence-corrected chi connectivity index (χ0v) is 13.0. The number of hydrogen-bond acceptors (Lipinski definition) is 4. The van der Waals surface area contributed by atoms with Crippen LogP contribution in [0.5, 0.6) is 5.75 Å². The molecule has 0 atom stereocenters. The van der Waals surface area contributed by atoms with Crippen LogP contribution in [0.15, 0.2) is 18.2 Å². The molecule has 0 bridgehead atoms. The fourth-order valence-corrected chi connectivity index (χ4v) is 3.28. The molecule has 5 heteroatoms. The van der Waals surface area contributed by atoms with Crippen LogP contribution in [0.1, 0.15) is 26.7 Å². The van der Waals surface area contributed by atoms with E-state index in [4.69, 9.17) is 10.5 Å². The molecule has 0 aliphatic heterocycles. The van der Waals surface area contributed by atoms with Crippen LogP contribution in [0, 0.1) is 0 Å². The first kappa shape index (κ1) is 13.6. The van der Waals surface area contributed by atoms with Gasteiger partial charge in [0.2, 0.25) is 5.95 Å². The zero-order valence-electron chi connectivity index (χ0n) is 12.2. The van der Waals surface area contributed by atoms with Crippen molar-refractivity contribution in [3.05, 3.63) is 18.2 Å². The summed E-state index contributed by atoms with van der Waals surface area (Å²) in [6, 6.07) is 6.04. The lowest BCUT2D eigenvalue weighted by atomic mass is 10.2. The molecule has 2 N–H and O–H groups in total. The van der Waals surface area contributed by atoms with Crippen molar-refractivity contribution in [2.24, 2.45) is 0 Å². The molecule has 0 radical (unpaired) electrons. The molecule has 1 fully saturated rings. The van der Waals surface area contributed by atoms with Gasteiger partial charge in [-0.2, -0.15) is 11.8 Å². The van der Waals surface area contributed by atoms with Crippen LogP contribution in [0.25, 0.3) is 11.0 Å². The summed E-state index contributed by atoms with van der Waals surface area (Å²) in [7, 11) is 0. The van der Waals surface area contributed by atoms with Crippen molar-refractivity contribution in [1.29, 1.82) is 0 Å². The third-order valence-electron chi connectivity index (χ3n) is 3.82. The van der Waals surface area contributed by atoms with Gasteiger partial charge in [0, 0.05) is 11.3 Å². The Labute approximate surface area is 123 Å². The Morgan fingerprint density at radius 2 is 2.20 bits per heavy atom. The highest BCUT2D eigenvalue weighted by Gasteiger charge is 2.42. The Bertz CT molecular complexity index is 631. The molecular formula is C15H21N3OS. The van der Waals surface area contributed by atoms with Crippen molar-refractivity contribution in [1.82, 2.24) is 9.55 Å². The van der Waals surface area contributed by atoms with Crippen molar-refractivity contribution >= 4 is 28.7 Å². The molecule has 1 aromatic carbocycles. The maximum atomic E-state index is 6.13. The van der Waals surface area contributed by atoms with E-state index in [2.05, 4.69) is 21.9 Å². The first-order chi connectivity index (χ1) is 9.54. The number of nitrogens with zero attached hydrogens (tertiary/aromatic N) is 2. The molecule has 0 amide bonds. The molecule has 1 heterocycles. The fraction of sp³-hybridized carbons (Fsp3) is 0.533. The molecule has 20 heavy (non-hydrogen) atoms. The minimum absolute atomic E-state index is 0.132. The third-order valence-corrected chi connectivity index (χ3v) is 5.22. The molecule has 1 aromatic heterocycles. The largest absolute Gasteiger partial charge is 0.489 e. The van der Waals surface area contributed by atoms with Crippen molar-refractivity contribution in [3.8, 4) is 5.75 Å². The number of rotatable bonds is 5. The van der Waals surface area contributed by atoms with E-state index in [1.807, 2.05) is 37.7 Å². The van der Waals surface area contributed by atoms with E-state index in [0.717, 1.165) is 23.3 Å². The molecule has 1 aliphatic rings. The van der Waals surface area contributed by atoms with Crippen LogP contribution in [0.2, 0.25) is 0 Å². The summed E-state index contributed by atoms with van der Waals surface area (Å²) >= 11 is 1.93. The summed E-state index contributed by atoms with van der Waals surface area (Å²) in [4.78, 5) is 4.52. The van der Waals surface area contributed by atoms with Crippen molar-refractivity contribution in [2.45, 2.75) is 44.1 Å². The highest BCUT2D eigenvalue weighted by atomic mass is 32.2. The minimum Gasteiger partial charge on any atom is -0.489 e. The van der Waals surface area contributed by atoms with Crippen molar-refractivity contribution in [3.63, 3.8) is 0 Å². The lowest BCUT2D eigenvalue weighted by Gasteiger charge is -2.15. The number of hydrogen-bond donors (Lipinski definition) is 1. The van der Waals surface area contributed by atoms with Gasteiger partial charge in [0.05, 0.1) is 11.6 Å². The lowest BCUT2D eigenvalue weighted by molar-refractivity contribution is 0.245. The second kappa shape index (κ2) is 4.88. The van der Waals surface area contributed by atoms with E-state index in [1.54, 1.807) is 0 Å². The fourth-order valence-electron chi connectivity index (χ4n) is 2.51. The SMILES string of the molecule is CSC1(Cn2c(N)nc3c(OC(C)C)cccc32)CC1. The molecule has 0 spiro atoms. The number of thioether (sulfide) groups is 1. The summed E-state index contributed by atoms with van der Waals surface area (Å²) in [6.45, 7) is 4.97. The number of imidazole rings is 1. The molecule has 2 aromatic rings. The summed E-state index contributed by atoms with van der Waals surface area (Å²) in [5, 5.41) is 0. The van der Waals surface area contributed by atoms with E-state index in [1.165, 1.54) is 12.8 Å². The second-order valence-electron chi connectivity index (χ2n) is 5.73. The van der Waals surface area contributed by atoms with Crippen LogP contribution >= 0.6 is 11.8 Å². The van der Waals surface area contributed by atoms with Crippen molar-refractivity contribution < 1.29 is 4.74 Å². The van der Waals surface area contributed by atoms with Gasteiger partial charge in [-0.1, -0.05) is 6.07 Å². The summed E-state index contributed by atoms with van der Waals surface area (Å²) in [5.74, 6) is 1.40. The van der Waals surface area contributed by atoms with E-state index in [0.29, 0.717) is 10.7 Å². The summed E-state index contributed by atoms with van der Waals surface area (Å²) in [6.07, 6.45) is 4.83. The molecule has 4 nitrogen and oxygen atoms in total. The lowest BCUT2D eigenvalue weighted by Crippen LogP contribution is -2.15. The quantitative estimate of drug-likeness (QED) is 0.918. The standard InChI is InChI=1S/C15H21N3OS/c1-10(2)19-12-6-4-5-11-13(12)17-14(16)18(11)9-15(20-3)7-8-15/h4-6,10H,7-9H2,1-3H3,(H2,16,17). The van der Waals surface area contributed by atoms with Gasteiger partial charge in [-0.3, -0.25) is 0 Å². The van der Waals surface area contributed by atoms with E-state index in [9.17, 15) is 0 Å². The average molecular weight is 291 g/mol. The van der Waals surface area contributed by atoms with Crippen molar-refractivity contribution in [2.75, 3.05) is 12.0 Å². The van der Waals surface area contributed by atoms with Gasteiger partial charge in [-0.25, -0.2) is 4.98 Å². The molecule has 0 saturated heterocycles. The van der Waals surface area contributed by atoms with Gasteiger partial charge in [-0.15, -0.1) is 0 Å². The minimum atomic E-state index is 0.132.